The van der Waals surface area contributed by atoms with Gasteiger partial charge in [-0.15, -0.1) is 0 Å². The van der Waals surface area contributed by atoms with Gasteiger partial charge in [0, 0.05) is 25.5 Å². The van der Waals surface area contributed by atoms with E-state index in [9.17, 15) is 18.0 Å². The van der Waals surface area contributed by atoms with Crippen molar-refractivity contribution in [2.75, 3.05) is 13.1 Å². The molecule has 0 saturated carbocycles. The topological polar surface area (TPSA) is 49.6 Å². The van der Waals surface area contributed by atoms with Crippen LogP contribution in [0.5, 0.6) is 0 Å². The van der Waals surface area contributed by atoms with Gasteiger partial charge < -0.3 is 14.6 Å². The number of nitrogens with zero attached hydrogens (tertiary/aromatic N) is 3. The Morgan fingerprint density at radius 2 is 2.22 bits per heavy atom. The maximum Gasteiger partial charge on any atom is 0.393 e. The van der Waals surface area contributed by atoms with E-state index in [1.165, 1.54) is 4.90 Å². The molecule has 3 rings (SSSR count). The molecule has 8 heteroatoms. The molecule has 0 unspecified atom stereocenters. The summed E-state index contributed by atoms with van der Waals surface area (Å²) in [5.74, 6) is -1.43. The Kier molecular flexibility index (Phi) is 4.14. The number of rotatable bonds is 2. The molecule has 2 aromatic heterocycles. The summed E-state index contributed by atoms with van der Waals surface area (Å²) in [4.78, 5) is 17.6. The highest BCUT2D eigenvalue weighted by Crippen LogP contribution is 2.33. The van der Waals surface area contributed by atoms with E-state index in [1.807, 2.05) is 28.8 Å². The van der Waals surface area contributed by atoms with Crippen LogP contribution in [-0.2, 0) is 6.54 Å². The Hall–Kier alpha value is -2.25. The molecule has 1 N–H and O–H groups in total. The lowest BCUT2D eigenvalue weighted by atomic mass is 9.98. The number of imidazole rings is 1. The van der Waals surface area contributed by atoms with E-state index in [0.29, 0.717) is 18.7 Å². The van der Waals surface area contributed by atoms with Crippen molar-refractivity contribution in [1.29, 1.82) is 0 Å². The standard InChI is InChI=1S/C15H17F3N4O/c16-15(17,18)11-4-3-7-22(9-11)14(23)19-8-12-10-21-6-2-1-5-13(21)20-12/h1-2,5-6,10-11H,3-4,7-9H2,(H,19,23)/t11-/m1/s1. The van der Waals surface area contributed by atoms with E-state index >= 15 is 0 Å². The summed E-state index contributed by atoms with van der Waals surface area (Å²) >= 11 is 0. The Balaban J connectivity index is 1.58. The zero-order valence-corrected chi connectivity index (χ0v) is 12.4. The van der Waals surface area contributed by atoms with Gasteiger partial charge in [0.2, 0.25) is 0 Å². The number of fused-ring (bicyclic) bond motifs is 1. The second-order valence-electron chi connectivity index (χ2n) is 5.68. The van der Waals surface area contributed by atoms with Gasteiger partial charge in [-0.1, -0.05) is 6.07 Å². The number of amides is 2. The molecule has 2 amide bonds. The van der Waals surface area contributed by atoms with Crippen LogP contribution in [0.2, 0.25) is 0 Å². The Bertz CT molecular complexity index is 664. The number of hydrogen-bond donors (Lipinski definition) is 1. The van der Waals surface area contributed by atoms with E-state index in [4.69, 9.17) is 0 Å². The summed E-state index contributed by atoms with van der Waals surface area (Å²) in [5, 5.41) is 2.65. The molecular weight excluding hydrogens is 309 g/mol. The highest BCUT2D eigenvalue weighted by atomic mass is 19.4. The molecule has 5 nitrogen and oxygen atoms in total. The lowest BCUT2D eigenvalue weighted by molar-refractivity contribution is -0.184. The van der Waals surface area contributed by atoms with Crippen molar-refractivity contribution in [3.8, 4) is 0 Å². The van der Waals surface area contributed by atoms with Crippen molar-refractivity contribution in [2.45, 2.75) is 25.6 Å². The number of nitrogens with one attached hydrogen (secondary N) is 1. The van der Waals surface area contributed by atoms with E-state index in [1.54, 1.807) is 6.20 Å². The summed E-state index contributed by atoms with van der Waals surface area (Å²) in [7, 11) is 0. The minimum absolute atomic E-state index is 0.0831. The molecular formula is C15H17F3N4O. The van der Waals surface area contributed by atoms with Gasteiger partial charge in [-0.05, 0) is 25.0 Å². The molecule has 3 heterocycles. The first-order chi connectivity index (χ1) is 10.9. The van der Waals surface area contributed by atoms with E-state index in [0.717, 1.165) is 5.65 Å². The second-order valence-corrected chi connectivity index (χ2v) is 5.68. The van der Waals surface area contributed by atoms with Crippen LogP contribution in [0.3, 0.4) is 0 Å². The zero-order valence-electron chi connectivity index (χ0n) is 12.4. The van der Waals surface area contributed by atoms with Crippen molar-refractivity contribution in [1.82, 2.24) is 19.6 Å². The van der Waals surface area contributed by atoms with E-state index < -0.39 is 18.1 Å². The predicted molar refractivity (Wildman–Crippen MR) is 77.8 cm³/mol. The van der Waals surface area contributed by atoms with Crippen LogP contribution in [0, 0.1) is 5.92 Å². The Labute approximate surface area is 131 Å². The minimum Gasteiger partial charge on any atom is -0.332 e. The molecule has 1 atom stereocenters. The third-order valence-corrected chi connectivity index (χ3v) is 4.01. The van der Waals surface area contributed by atoms with Gasteiger partial charge >= 0.3 is 12.2 Å². The van der Waals surface area contributed by atoms with Gasteiger partial charge in [0.1, 0.15) is 5.65 Å². The van der Waals surface area contributed by atoms with Crippen LogP contribution >= 0.6 is 0 Å². The fraction of sp³-hybridized carbons (Fsp3) is 0.467. The van der Waals surface area contributed by atoms with Crippen LogP contribution in [-0.4, -0.2) is 39.6 Å². The SMILES string of the molecule is O=C(NCc1cn2ccccc2n1)N1CCC[C@@H](C(F)(F)F)C1. The van der Waals surface area contributed by atoms with Crippen LogP contribution in [0.25, 0.3) is 5.65 Å². The average molecular weight is 326 g/mol. The molecule has 0 bridgehead atoms. The summed E-state index contributed by atoms with van der Waals surface area (Å²) in [5.41, 5.74) is 1.42. The molecule has 1 aliphatic heterocycles. The number of pyridine rings is 1. The molecule has 0 spiro atoms. The fourth-order valence-electron chi connectivity index (χ4n) is 2.78. The van der Waals surface area contributed by atoms with Gasteiger partial charge in [-0.2, -0.15) is 13.2 Å². The molecule has 0 radical (unpaired) electrons. The van der Waals surface area contributed by atoms with Gasteiger partial charge in [-0.3, -0.25) is 0 Å². The van der Waals surface area contributed by atoms with Gasteiger partial charge in [0.15, 0.2) is 0 Å². The Morgan fingerprint density at radius 1 is 1.39 bits per heavy atom. The Morgan fingerprint density at radius 3 is 2.96 bits per heavy atom. The lowest BCUT2D eigenvalue weighted by Crippen LogP contribution is -2.48. The first kappa shape index (κ1) is 15.6. The first-order valence-corrected chi connectivity index (χ1v) is 7.45. The number of carbonyl (C=O) groups is 1. The van der Waals surface area contributed by atoms with Crippen molar-refractivity contribution in [3.63, 3.8) is 0 Å². The number of likely N-dealkylation sites (tertiary alicyclic amines) is 1. The third kappa shape index (κ3) is 3.57. The zero-order chi connectivity index (χ0) is 16.4. The summed E-state index contributed by atoms with van der Waals surface area (Å²) < 4.78 is 40.1. The van der Waals surface area contributed by atoms with Crippen molar-refractivity contribution >= 4 is 11.7 Å². The van der Waals surface area contributed by atoms with Gasteiger partial charge in [-0.25, -0.2) is 9.78 Å². The molecule has 23 heavy (non-hydrogen) atoms. The number of aromatic nitrogens is 2. The molecule has 0 aromatic carbocycles. The maximum atomic E-state index is 12.8. The van der Waals surface area contributed by atoms with Crippen molar-refractivity contribution in [2.24, 2.45) is 5.92 Å². The molecule has 2 aromatic rings. The fourth-order valence-corrected chi connectivity index (χ4v) is 2.78. The summed E-state index contributed by atoms with van der Waals surface area (Å²) in [6.45, 7) is 0.262. The normalized spacial score (nSPS) is 19.1. The second kappa shape index (κ2) is 6.10. The minimum atomic E-state index is -4.25. The number of halogens is 3. The van der Waals surface area contributed by atoms with E-state index in [2.05, 4.69) is 10.3 Å². The highest BCUT2D eigenvalue weighted by molar-refractivity contribution is 5.74. The third-order valence-electron chi connectivity index (χ3n) is 4.01. The highest BCUT2D eigenvalue weighted by Gasteiger charge is 2.42. The number of piperidine rings is 1. The number of alkyl halides is 3. The van der Waals surface area contributed by atoms with E-state index in [-0.39, 0.29) is 19.5 Å². The van der Waals surface area contributed by atoms with Gasteiger partial charge in [0.05, 0.1) is 18.2 Å². The maximum absolute atomic E-state index is 12.8. The molecule has 1 aliphatic rings. The smallest absolute Gasteiger partial charge is 0.332 e. The molecule has 1 saturated heterocycles. The number of carbonyl (C=O) groups excluding carboxylic acids is 1. The average Bonchev–Trinajstić information content (AvgIpc) is 2.95. The summed E-state index contributed by atoms with van der Waals surface area (Å²) in [6, 6.07) is 5.08. The largest absolute Gasteiger partial charge is 0.393 e. The van der Waals surface area contributed by atoms with Gasteiger partial charge in [0.25, 0.3) is 0 Å². The first-order valence-electron chi connectivity index (χ1n) is 7.45. The molecule has 1 fully saturated rings. The monoisotopic (exact) mass is 326 g/mol. The lowest BCUT2D eigenvalue weighted by Gasteiger charge is -2.33. The quantitative estimate of drug-likeness (QED) is 0.922. The van der Waals surface area contributed by atoms with Crippen LogP contribution in [0.4, 0.5) is 18.0 Å². The van der Waals surface area contributed by atoms with Crippen LogP contribution in [0.1, 0.15) is 18.5 Å². The van der Waals surface area contributed by atoms with Crippen LogP contribution in [0.15, 0.2) is 30.6 Å². The predicted octanol–water partition coefficient (Wildman–Crippen LogP) is 2.82. The van der Waals surface area contributed by atoms with Crippen molar-refractivity contribution in [3.05, 3.63) is 36.3 Å². The molecule has 124 valence electrons. The number of hydrogen-bond acceptors (Lipinski definition) is 2. The summed E-state index contributed by atoms with van der Waals surface area (Å²) in [6.07, 6.45) is -0.178. The molecule has 0 aliphatic carbocycles. The van der Waals surface area contributed by atoms with Crippen molar-refractivity contribution < 1.29 is 18.0 Å². The van der Waals surface area contributed by atoms with Crippen LogP contribution < -0.4 is 5.32 Å². The number of urea groups is 1.